The number of halogens is 1. The quantitative estimate of drug-likeness (QED) is 0.800. The van der Waals surface area contributed by atoms with Crippen molar-refractivity contribution in [2.45, 2.75) is 23.8 Å². The number of carbonyl (C=O) groups is 2. The third-order valence-electron chi connectivity index (χ3n) is 3.72. The number of nitrogens with two attached hydrogens (primary N) is 1. The molecule has 1 aliphatic rings. The van der Waals surface area contributed by atoms with E-state index >= 15 is 0 Å². The average Bonchev–Trinajstić information content (AvgIpc) is 2.49. The molecule has 1 fully saturated rings. The molecule has 2 rings (SSSR count). The van der Waals surface area contributed by atoms with Crippen molar-refractivity contribution in [3.63, 3.8) is 0 Å². The maximum Gasteiger partial charge on any atom is 0.253 e. The lowest BCUT2D eigenvalue weighted by atomic mass is 10.0. The summed E-state index contributed by atoms with van der Waals surface area (Å²) in [6, 6.07) is 5.56. The Balaban J connectivity index is 1.92. The highest BCUT2D eigenvalue weighted by Crippen LogP contribution is 2.23. The Hall–Kier alpha value is -1.24. The number of benzene rings is 1. The van der Waals surface area contributed by atoms with Crippen molar-refractivity contribution >= 4 is 35.2 Å². The second-order valence-electron chi connectivity index (χ2n) is 5.34. The lowest BCUT2D eigenvalue weighted by Gasteiger charge is -2.31. The number of nitrogens with zero attached hydrogens (tertiary/aromatic N) is 1. The van der Waals surface area contributed by atoms with Gasteiger partial charge in [0.2, 0.25) is 5.91 Å². The van der Waals surface area contributed by atoms with Crippen molar-refractivity contribution in [3.8, 4) is 0 Å². The van der Waals surface area contributed by atoms with Crippen LogP contribution in [-0.2, 0) is 4.79 Å². The van der Waals surface area contributed by atoms with Gasteiger partial charge in [0.1, 0.15) is 0 Å². The Morgan fingerprint density at radius 1 is 1.41 bits per heavy atom. The average molecular weight is 342 g/mol. The highest BCUT2D eigenvalue weighted by molar-refractivity contribution is 7.98. The number of hydrogen-bond acceptors (Lipinski definition) is 4. The van der Waals surface area contributed by atoms with E-state index in [0.29, 0.717) is 10.6 Å². The molecular formula is C15H20ClN3O2S. The summed E-state index contributed by atoms with van der Waals surface area (Å²) < 4.78 is 0. The van der Waals surface area contributed by atoms with E-state index in [0.717, 1.165) is 30.8 Å². The summed E-state index contributed by atoms with van der Waals surface area (Å²) in [5.41, 5.74) is 5.70. The Bertz CT molecular complexity index is 560. The summed E-state index contributed by atoms with van der Waals surface area (Å²) >= 11 is 7.69. The molecule has 0 saturated carbocycles. The molecule has 0 bridgehead atoms. The van der Waals surface area contributed by atoms with Gasteiger partial charge in [-0.2, -0.15) is 0 Å². The van der Waals surface area contributed by atoms with Crippen molar-refractivity contribution < 1.29 is 9.59 Å². The van der Waals surface area contributed by atoms with Crippen molar-refractivity contribution in [2.24, 2.45) is 5.73 Å². The monoisotopic (exact) mass is 341 g/mol. The van der Waals surface area contributed by atoms with E-state index in [1.54, 1.807) is 17.8 Å². The van der Waals surface area contributed by atoms with Crippen LogP contribution >= 0.6 is 23.4 Å². The van der Waals surface area contributed by atoms with Crippen LogP contribution in [0.15, 0.2) is 23.1 Å². The van der Waals surface area contributed by atoms with E-state index in [-0.39, 0.29) is 24.4 Å². The first kappa shape index (κ1) is 17.1. The Morgan fingerprint density at radius 2 is 2.09 bits per heavy atom. The molecule has 22 heavy (non-hydrogen) atoms. The largest absolute Gasteiger partial charge is 0.369 e. The van der Waals surface area contributed by atoms with E-state index in [1.165, 1.54) is 0 Å². The van der Waals surface area contributed by atoms with Gasteiger partial charge in [-0.15, -0.1) is 11.8 Å². The minimum atomic E-state index is -0.317. The van der Waals surface area contributed by atoms with Gasteiger partial charge in [0.15, 0.2) is 0 Å². The van der Waals surface area contributed by atoms with Crippen molar-refractivity contribution in [2.75, 3.05) is 25.9 Å². The van der Waals surface area contributed by atoms with Crippen LogP contribution in [-0.4, -0.2) is 48.6 Å². The van der Waals surface area contributed by atoms with Gasteiger partial charge in [0.05, 0.1) is 17.1 Å². The van der Waals surface area contributed by atoms with Gasteiger partial charge in [-0.3, -0.25) is 14.5 Å². The van der Waals surface area contributed by atoms with Crippen LogP contribution in [0.4, 0.5) is 0 Å². The second kappa shape index (κ2) is 7.85. The van der Waals surface area contributed by atoms with Crippen molar-refractivity contribution in [3.05, 3.63) is 28.8 Å². The Kier molecular flexibility index (Phi) is 6.11. The van der Waals surface area contributed by atoms with Gasteiger partial charge in [-0.1, -0.05) is 11.6 Å². The molecule has 0 unspecified atom stereocenters. The number of nitrogens with one attached hydrogen (secondary N) is 1. The fraction of sp³-hybridized carbons (Fsp3) is 0.467. The number of primary amides is 1. The molecular weight excluding hydrogens is 322 g/mol. The number of likely N-dealkylation sites (tertiary alicyclic amines) is 1. The SMILES string of the molecule is CSc1ccc(Cl)c(C(=O)NC2CCN(CC(N)=O)CC2)c1. The summed E-state index contributed by atoms with van der Waals surface area (Å²) in [6.07, 6.45) is 3.57. The molecule has 1 heterocycles. The zero-order valence-corrected chi connectivity index (χ0v) is 14.0. The first-order valence-electron chi connectivity index (χ1n) is 7.14. The fourth-order valence-electron chi connectivity index (χ4n) is 2.52. The van der Waals surface area contributed by atoms with Gasteiger partial charge in [-0.25, -0.2) is 0 Å². The maximum atomic E-state index is 12.4. The number of hydrogen-bond donors (Lipinski definition) is 2. The van der Waals surface area contributed by atoms with Crippen molar-refractivity contribution in [1.82, 2.24) is 10.2 Å². The predicted octanol–water partition coefficient (Wildman–Crippen LogP) is 1.74. The fourth-order valence-corrected chi connectivity index (χ4v) is 3.17. The van der Waals surface area contributed by atoms with E-state index in [2.05, 4.69) is 5.32 Å². The normalized spacial score (nSPS) is 16.5. The maximum absolute atomic E-state index is 12.4. The zero-order valence-electron chi connectivity index (χ0n) is 12.5. The molecule has 0 aliphatic carbocycles. The minimum Gasteiger partial charge on any atom is -0.369 e. The van der Waals surface area contributed by atoms with Crippen LogP contribution in [0.2, 0.25) is 5.02 Å². The first-order valence-corrected chi connectivity index (χ1v) is 8.75. The van der Waals surface area contributed by atoms with E-state index in [4.69, 9.17) is 17.3 Å². The molecule has 1 aromatic carbocycles. The lowest BCUT2D eigenvalue weighted by molar-refractivity contribution is -0.119. The number of piperidine rings is 1. The predicted molar refractivity (Wildman–Crippen MR) is 89.4 cm³/mol. The summed E-state index contributed by atoms with van der Waals surface area (Å²) in [7, 11) is 0. The zero-order chi connectivity index (χ0) is 16.1. The molecule has 3 N–H and O–H groups in total. The summed E-state index contributed by atoms with van der Waals surface area (Å²) in [5, 5.41) is 3.49. The molecule has 5 nitrogen and oxygen atoms in total. The molecule has 1 saturated heterocycles. The van der Waals surface area contributed by atoms with Gasteiger partial charge < -0.3 is 11.1 Å². The number of rotatable bonds is 5. The number of amides is 2. The number of thioether (sulfide) groups is 1. The third kappa shape index (κ3) is 4.63. The molecule has 0 aromatic heterocycles. The molecule has 0 spiro atoms. The smallest absolute Gasteiger partial charge is 0.253 e. The second-order valence-corrected chi connectivity index (χ2v) is 6.62. The van der Waals surface area contributed by atoms with Crippen LogP contribution in [0.25, 0.3) is 0 Å². The summed E-state index contributed by atoms with van der Waals surface area (Å²) in [6.45, 7) is 1.79. The minimum absolute atomic E-state index is 0.102. The van der Waals surface area contributed by atoms with E-state index in [1.807, 2.05) is 23.3 Å². The summed E-state index contributed by atoms with van der Waals surface area (Å²) in [5.74, 6) is -0.461. The molecule has 0 radical (unpaired) electrons. The van der Waals surface area contributed by atoms with Gasteiger partial charge in [0.25, 0.3) is 5.91 Å². The lowest BCUT2D eigenvalue weighted by Crippen LogP contribution is -2.46. The highest BCUT2D eigenvalue weighted by Gasteiger charge is 2.22. The van der Waals surface area contributed by atoms with Crippen LogP contribution in [0.3, 0.4) is 0 Å². The third-order valence-corrected chi connectivity index (χ3v) is 4.78. The van der Waals surface area contributed by atoms with Crippen molar-refractivity contribution in [1.29, 1.82) is 0 Å². The highest BCUT2D eigenvalue weighted by atomic mass is 35.5. The van der Waals surface area contributed by atoms with E-state index < -0.39 is 0 Å². The topological polar surface area (TPSA) is 75.4 Å². The summed E-state index contributed by atoms with van der Waals surface area (Å²) in [4.78, 5) is 26.3. The molecule has 2 amide bonds. The van der Waals surface area contributed by atoms with Crippen LogP contribution in [0.1, 0.15) is 23.2 Å². The van der Waals surface area contributed by atoms with Gasteiger partial charge >= 0.3 is 0 Å². The molecule has 1 aliphatic heterocycles. The van der Waals surface area contributed by atoms with Crippen LogP contribution in [0, 0.1) is 0 Å². The first-order chi connectivity index (χ1) is 10.5. The molecule has 7 heteroatoms. The van der Waals surface area contributed by atoms with Gasteiger partial charge in [0, 0.05) is 24.0 Å². The number of carbonyl (C=O) groups excluding carboxylic acids is 2. The standard InChI is InChI=1S/C15H20ClN3O2S/c1-22-11-2-3-13(16)12(8-11)15(21)18-10-4-6-19(7-5-10)9-14(17)20/h2-3,8,10H,4-7,9H2,1H3,(H2,17,20)(H,18,21). The van der Waals surface area contributed by atoms with E-state index in [9.17, 15) is 9.59 Å². The molecule has 120 valence electrons. The van der Waals surface area contributed by atoms with Crippen LogP contribution < -0.4 is 11.1 Å². The van der Waals surface area contributed by atoms with Gasteiger partial charge in [-0.05, 0) is 37.3 Å². The molecule has 0 atom stereocenters. The Labute approximate surface area is 139 Å². The van der Waals surface area contributed by atoms with Crippen LogP contribution in [0.5, 0.6) is 0 Å². The molecule has 1 aromatic rings. The Morgan fingerprint density at radius 3 is 2.68 bits per heavy atom.